The van der Waals surface area contributed by atoms with Gasteiger partial charge in [0.05, 0.1) is 18.4 Å². The number of nitrogens with one attached hydrogen (secondary N) is 1. The topological polar surface area (TPSA) is 94.6 Å². The summed E-state index contributed by atoms with van der Waals surface area (Å²) in [5.41, 5.74) is 7.96. The number of methoxy groups -OCH3 is 1. The molecule has 0 saturated heterocycles. The van der Waals surface area contributed by atoms with Crippen molar-refractivity contribution in [1.82, 2.24) is 0 Å². The summed E-state index contributed by atoms with van der Waals surface area (Å²) in [4.78, 5) is 24.4. The second-order valence-electron chi connectivity index (χ2n) is 5.54. The lowest BCUT2D eigenvalue weighted by Gasteiger charge is -2.08. The zero-order valence-corrected chi connectivity index (χ0v) is 14.3. The van der Waals surface area contributed by atoms with Crippen LogP contribution in [0, 0.1) is 6.92 Å². The summed E-state index contributed by atoms with van der Waals surface area (Å²) in [6, 6.07) is 4.98. The normalized spacial score (nSPS) is 13.0. The number of hydrogen-bond donors (Lipinski definition) is 2. The third-order valence-corrected chi connectivity index (χ3v) is 4.00. The average Bonchev–Trinajstić information content (AvgIpc) is 2.86. The molecule has 6 nitrogen and oxygen atoms in total. The number of amides is 1. The first-order valence-electron chi connectivity index (χ1n) is 7.41. The van der Waals surface area contributed by atoms with Gasteiger partial charge in [-0.15, -0.1) is 12.4 Å². The number of nitrogen functional groups attached to an aromatic ring is 1. The van der Waals surface area contributed by atoms with Gasteiger partial charge in [0.2, 0.25) is 0 Å². The van der Waals surface area contributed by atoms with Crippen LogP contribution in [0.4, 0.5) is 11.4 Å². The van der Waals surface area contributed by atoms with Crippen molar-refractivity contribution in [1.29, 1.82) is 0 Å². The molecule has 1 aromatic heterocycles. The van der Waals surface area contributed by atoms with E-state index in [9.17, 15) is 9.59 Å². The summed E-state index contributed by atoms with van der Waals surface area (Å²) < 4.78 is 10.7. The van der Waals surface area contributed by atoms with Crippen LogP contribution in [0.15, 0.2) is 22.6 Å². The lowest BCUT2D eigenvalue weighted by molar-refractivity contribution is 0.0963. The van der Waals surface area contributed by atoms with Crippen molar-refractivity contribution in [2.45, 2.75) is 26.2 Å². The van der Waals surface area contributed by atoms with Gasteiger partial charge in [0.15, 0.2) is 11.5 Å². The number of Topliss-reactive ketones (excluding diaryl/α,β-unsaturated/α-hetero) is 1. The highest BCUT2D eigenvalue weighted by Gasteiger charge is 2.28. The molecule has 0 radical (unpaired) electrons. The molecule has 1 amide bonds. The Balaban J connectivity index is 0.00000208. The van der Waals surface area contributed by atoms with Crippen molar-refractivity contribution >= 4 is 35.5 Å². The van der Waals surface area contributed by atoms with Gasteiger partial charge < -0.3 is 20.2 Å². The van der Waals surface area contributed by atoms with E-state index in [1.807, 2.05) is 0 Å². The molecular formula is C17H19ClN2O4. The number of rotatable bonds is 3. The van der Waals surface area contributed by atoms with E-state index in [4.69, 9.17) is 14.9 Å². The van der Waals surface area contributed by atoms with Crippen LogP contribution in [0.3, 0.4) is 0 Å². The Morgan fingerprint density at radius 1 is 1.33 bits per heavy atom. The van der Waals surface area contributed by atoms with E-state index in [-0.39, 0.29) is 24.0 Å². The van der Waals surface area contributed by atoms with Crippen molar-refractivity contribution in [3.8, 4) is 5.75 Å². The molecule has 3 rings (SSSR count). The first kappa shape index (κ1) is 17.9. The Labute approximate surface area is 145 Å². The van der Waals surface area contributed by atoms with E-state index in [1.54, 1.807) is 25.1 Å². The van der Waals surface area contributed by atoms with Crippen molar-refractivity contribution in [3.63, 3.8) is 0 Å². The number of ketones is 1. The number of nitrogens with two attached hydrogens (primary N) is 1. The number of aryl methyl sites for hydroxylation is 1. The highest BCUT2D eigenvalue weighted by molar-refractivity contribution is 6.07. The second-order valence-corrected chi connectivity index (χ2v) is 5.54. The van der Waals surface area contributed by atoms with Gasteiger partial charge in [-0.25, -0.2) is 0 Å². The molecule has 1 aliphatic carbocycles. The second kappa shape index (κ2) is 6.97. The number of anilines is 2. The Morgan fingerprint density at radius 2 is 2.08 bits per heavy atom. The minimum absolute atomic E-state index is 0. The fourth-order valence-electron chi connectivity index (χ4n) is 2.87. The molecule has 0 spiro atoms. The SMILES string of the molecule is COc1ccc(NC(=O)c2oc3c(c2C)C(=O)CCC3)cc1N.Cl. The summed E-state index contributed by atoms with van der Waals surface area (Å²) in [6.45, 7) is 1.74. The zero-order chi connectivity index (χ0) is 16.6. The molecule has 3 N–H and O–H groups in total. The number of hydrogen-bond acceptors (Lipinski definition) is 5. The number of ether oxygens (including phenoxy) is 1. The van der Waals surface area contributed by atoms with Gasteiger partial charge in [-0.1, -0.05) is 0 Å². The summed E-state index contributed by atoms with van der Waals surface area (Å²) in [6.07, 6.45) is 1.95. The van der Waals surface area contributed by atoms with Gasteiger partial charge in [-0.2, -0.15) is 0 Å². The Bertz CT molecular complexity index is 798. The number of benzene rings is 1. The molecule has 0 aliphatic heterocycles. The minimum atomic E-state index is -0.394. The molecule has 7 heteroatoms. The van der Waals surface area contributed by atoms with Crippen LogP contribution in [0.25, 0.3) is 0 Å². The Hall–Kier alpha value is -2.47. The molecule has 1 heterocycles. The smallest absolute Gasteiger partial charge is 0.291 e. The van der Waals surface area contributed by atoms with Crippen LogP contribution >= 0.6 is 12.4 Å². The lowest BCUT2D eigenvalue weighted by atomic mass is 9.94. The summed E-state index contributed by atoms with van der Waals surface area (Å²) in [5, 5.41) is 2.74. The molecule has 0 saturated carbocycles. The summed E-state index contributed by atoms with van der Waals surface area (Å²) in [7, 11) is 1.53. The van der Waals surface area contributed by atoms with E-state index >= 15 is 0 Å². The van der Waals surface area contributed by atoms with Crippen LogP contribution in [-0.4, -0.2) is 18.8 Å². The third kappa shape index (κ3) is 3.10. The van der Waals surface area contributed by atoms with Crippen LogP contribution < -0.4 is 15.8 Å². The third-order valence-electron chi connectivity index (χ3n) is 4.00. The predicted molar refractivity (Wildman–Crippen MR) is 93.3 cm³/mol. The van der Waals surface area contributed by atoms with E-state index < -0.39 is 5.91 Å². The standard InChI is InChI=1S/C17H18N2O4.ClH/c1-9-15-12(20)4-3-5-14(15)23-16(9)17(21)19-10-6-7-13(22-2)11(18)8-10;/h6-8H,3-5,18H2,1-2H3,(H,19,21);1H. The highest BCUT2D eigenvalue weighted by atomic mass is 35.5. The van der Waals surface area contributed by atoms with Gasteiger partial charge in [0.1, 0.15) is 11.5 Å². The number of halogens is 1. The average molecular weight is 351 g/mol. The largest absolute Gasteiger partial charge is 0.495 e. The number of fused-ring (bicyclic) bond motifs is 1. The zero-order valence-electron chi connectivity index (χ0n) is 13.5. The molecule has 1 aliphatic rings. The number of carbonyl (C=O) groups excluding carboxylic acids is 2. The molecule has 0 unspecified atom stereocenters. The summed E-state index contributed by atoms with van der Waals surface area (Å²) in [5.74, 6) is 0.977. The van der Waals surface area contributed by atoms with E-state index in [1.165, 1.54) is 7.11 Å². The van der Waals surface area contributed by atoms with Gasteiger partial charge in [0, 0.05) is 24.1 Å². The Kier molecular flexibility index (Phi) is 5.19. The van der Waals surface area contributed by atoms with E-state index in [0.29, 0.717) is 46.9 Å². The van der Waals surface area contributed by atoms with Gasteiger partial charge in [-0.05, 0) is 31.5 Å². The fraction of sp³-hybridized carbons (Fsp3) is 0.294. The molecule has 1 aromatic carbocycles. The molecular weight excluding hydrogens is 332 g/mol. The maximum absolute atomic E-state index is 12.4. The van der Waals surface area contributed by atoms with E-state index in [2.05, 4.69) is 5.32 Å². The maximum Gasteiger partial charge on any atom is 0.291 e. The minimum Gasteiger partial charge on any atom is -0.495 e. The van der Waals surface area contributed by atoms with Crippen LogP contribution in [0.5, 0.6) is 5.75 Å². The maximum atomic E-state index is 12.4. The highest BCUT2D eigenvalue weighted by Crippen LogP contribution is 2.30. The van der Waals surface area contributed by atoms with Crippen LogP contribution in [0.1, 0.15) is 45.1 Å². The molecule has 0 fully saturated rings. The van der Waals surface area contributed by atoms with Gasteiger partial charge in [-0.3, -0.25) is 9.59 Å². The quantitative estimate of drug-likeness (QED) is 0.827. The van der Waals surface area contributed by atoms with Gasteiger partial charge >= 0.3 is 0 Å². The molecule has 128 valence electrons. The van der Waals surface area contributed by atoms with E-state index in [0.717, 1.165) is 6.42 Å². The van der Waals surface area contributed by atoms with Crippen molar-refractivity contribution in [3.05, 3.63) is 40.8 Å². The lowest BCUT2D eigenvalue weighted by Crippen LogP contribution is -2.13. The first-order valence-corrected chi connectivity index (χ1v) is 7.41. The molecule has 24 heavy (non-hydrogen) atoms. The van der Waals surface area contributed by atoms with Gasteiger partial charge in [0.25, 0.3) is 5.91 Å². The molecule has 0 bridgehead atoms. The van der Waals surface area contributed by atoms with Crippen LogP contribution in [-0.2, 0) is 6.42 Å². The fourth-order valence-corrected chi connectivity index (χ4v) is 2.87. The van der Waals surface area contributed by atoms with Crippen LogP contribution in [0.2, 0.25) is 0 Å². The van der Waals surface area contributed by atoms with Crippen molar-refractivity contribution < 1.29 is 18.7 Å². The molecule has 2 aromatic rings. The van der Waals surface area contributed by atoms with Crippen molar-refractivity contribution in [2.75, 3.05) is 18.2 Å². The Morgan fingerprint density at radius 3 is 2.71 bits per heavy atom. The monoisotopic (exact) mass is 350 g/mol. The number of carbonyl (C=O) groups is 2. The summed E-state index contributed by atoms with van der Waals surface area (Å²) >= 11 is 0. The number of furan rings is 1. The van der Waals surface area contributed by atoms with Crippen molar-refractivity contribution in [2.24, 2.45) is 0 Å². The molecule has 0 atom stereocenters. The predicted octanol–water partition coefficient (Wildman–Crippen LogP) is 3.37. The first-order chi connectivity index (χ1) is 11.0.